The maximum absolute atomic E-state index is 11.9. The van der Waals surface area contributed by atoms with Gasteiger partial charge in [0.2, 0.25) is 10.0 Å². The Kier molecular flexibility index (Phi) is 5.97. The molecule has 0 fully saturated rings. The first kappa shape index (κ1) is 16.9. The van der Waals surface area contributed by atoms with E-state index in [4.69, 9.17) is 4.74 Å². The van der Waals surface area contributed by atoms with Gasteiger partial charge < -0.3 is 9.47 Å². The smallest absolute Gasteiger partial charge is 0.340 e. The Labute approximate surface area is 126 Å². The Morgan fingerprint density at radius 1 is 1.35 bits per heavy atom. The normalized spacial score (nSPS) is 11.2. The third-order valence-corrected chi connectivity index (χ3v) is 4.20. The molecule has 0 N–H and O–H groups in total. The molecule has 112 valence electrons. The average molecular weight is 366 g/mol. The number of halogens is 1. The summed E-state index contributed by atoms with van der Waals surface area (Å²) in [5, 5.41) is 0. The molecule has 20 heavy (non-hydrogen) atoms. The van der Waals surface area contributed by atoms with Crippen LogP contribution in [0.2, 0.25) is 0 Å². The Morgan fingerprint density at radius 2 is 2.00 bits per heavy atom. The lowest BCUT2D eigenvalue weighted by atomic mass is 10.2. The molecule has 0 atom stereocenters. The summed E-state index contributed by atoms with van der Waals surface area (Å²) in [5.41, 5.74) is 0.433. The van der Waals surface area contributed by atoms with Crippen LogP contribution in [0.25, 0.3) is 0 Å². The molecule has 0 aromatic heterocycles. The SMILES string of the molecule is COCCN(c1ccc(Br)cc1C(=O)OC)S(C)(=O)=O. The van der Waals surface area contributed by atoms with Crippen molar-refractivity contribution in [1.82, 2.24) is 0 Å². The van der Waals surface area contributed by atoms with Crippen molar-refractivity contribution in [2.24, 2.45) is 0 Å². The Balaban J connectivity index is 3.36. The van der Waals surface area contributed by atoms with E-state index in [2.05, 4.69) is 20.7 Å². The minimum atomic E-state index is -3.54. The van der Waals surface area contributed by atoms with Crippen LogP contribution in [0.15, 0.2) is 22.7 Å². The molecule has 8 heteroatoms. The van der Waals surface area contributed by atoms with Crippen molar-refractivity contribution in [3.05, 3.63) is 28.2 Å². The number of carbonyl (C=O) groups excluding carboxylic acids is 1. The van der Waals surface area contributed by atoms with Crippen LogP contribution in [0.3, 0.4) is 0 Å². The molecule has 1 rings (SSSR count). The number of ether oxygens (including phenoxy) is 2. The second-order valence-corrected chi connectivity index (χ2v) is 6.80. The van der Waals surface area contributed by atoms with Gasteiger partial charge in [0.15, 0.2) is 0 Å². The fraction of sp³-hybridized carbons (Fsp3) is 0.417. The van der Waals surface area contributed by atoms with E-state index in [-0.39, 0.29) is 24.4 Å². The van der Waals surface area contributed by atoms with Crippen LogP contribution in [0.4, 0.5) is 5.69 Å². The van der Waals surface area contributed by atoms with Gasteiger partial charge in [-0.05, 0) is 18.2 Å². The second kappa shape index (κ2) is 7.05. The number of rotatable bonds is 6. The number of esters is 1. The molecule has 0 aliphatic heterocycles. The van der Waals surface area contributed by atoms with Gasteiger partial charge in [-0.1, -0.05) is 15.9 Å². The molecule has 1 aromatic rings. The molecule has 0 spiro atoms. The van der Waals surface area contributed by atoms with Crippen LogP contribution in [0, 0.1) is 0 Å². The summed E-state index contributed by atoms with van der Waals surface area (Å²) in [5.74, 6) is -0.604. The molecule has 1 aromatic carbocycles. The number of sulfonamides is 1. The van der Waals surface area contributed by atoms with E-state index in [1.165, 1.54) is 20.3 Å². The quantitative estimate of drug-likeness (QED) is 0.716. The molecule has 0 radical (unpaired) electrons. The fourth-order valence-electron chi connectivity index (χ4n) is 1.64. The topological polar surface area (TPSA) is 72.9 Å². The molecule has 0 bridgehead atoms. The van der Waals surface area contributed by atoms with Gasteiger partial charge in [-0.2, -0.15) is 0 Å². The lowest BCUT2D eigenvalue weighted by Crippen LogP contribution is -2.34. The minimum absolute atomic E-state index is 0.112. The molecular weight excluding hydrogens is 350 g/mol. The highest BCUT2D eigenvalue weighted by Gasteiger charge is 2.23. The van der Waals surface area contributed by atoms with E-state index in [1.54, 1.807) is 12.1 Å². The predicted molar refractivity (Wildman–Crippen MR) is 79.5 cm³/mol. The van der Waals surface area contributed by atoms with Crippen LogP contribution in [-0.2, 0) is 19.5 Å². The van der Waals surface area contributed by atoms with Gasteiger partial charge in [0.1, 0.15) is 0 Å². The van der Waals surface area contributed by atoms with E-state index in [1.807, 2.05) is 0 Å². The number of hydrogen-bond acceptors (Lipinski definition) is 5. The summed E-state index contributed by atoms with van der Waals surface area (Å²) in [6.45, 7) is 0.324. The third-order valence-electron chi connectivity index (χ3n) is 2.53. The van der Waals surface area contributed by atoms with Crippen LogP contribution in [0.5, 0.6) is 0 Å². The van der Waals surface area contributed by atoms with Crippen molar-refractivity contribution in [3.8, 4) is 0 Å². The lowest BCUT2D eigenvalue weighted by Gasteiger charge is -2.24. The van der Waals surface area contributed by atoms with Crippen molar-refractivity contribution in [1.29, 1.82) is 0 Å². The van der Waals surface area contributed by atoms with Crippen LogP contribution < -0.4 is 4.31 Å². The lowest BCUT2D eigenvalue weighted by molar-refractivity contribution is 0.0601. The first-order valence-electron chi connectivity index (χ1n) is 5.65. The van der Waals surface area contributed by atoms with Gasteiger partial charge in [-0.25, -0.2) is 13.2 Å². The van der Waals surface area contributed by atoms with E-state index < -0.39 is 16.0 Å². The van der Waals surface area contributed by atoms with Crippen LogP contribution in [-0.4, -0.2) is 48.0 Å². The summed E-state index contributed by atoms with van der Waals surface area (Å²) in [6, 6.07) is 4.73. The maximum atomic E-state index is 11.9. The number of methoxy groups -OCH3 is 2. The largest absolute Gasteiger partial charge is 0.465 e. The van der Waals surface area contributed by atoms with Crippen LogP contribution in [0.1, 0.15) is 10.4 Å². The van der Waals surface area contributed by atoms with E-state index in [0.29, 0.717) is 4.47 Å². The van der Waals surface area contributed by atoms with Gasteiger partial charge in [0.25, 0.3) is 0 Å². The zero-order chi connectivity index (χ0) is 15.3. The van der Waals surface area contributed by atoms with Crippen molar-refractivity contribution in [2.75, 3.05) is 37.9 Å². The number of nitrogens with zero attached hydrogens (tertiary/aromatic N) is 1. The molecule has 0 aliphatic carbocycles. The highest BCUT2D eigenvalue weighted by Crippen LogP contribution is 2.27. The first-order chi connectivity index (χ1) is 9.31. The molecule has 0 unspecified atom stereocenters. The molecule has 0 amide bonds. The molecule has 0 aliphatic rings. The van der Waals surface area contributed by atoms with Crippen molar-refractivity contribution < 1.29 is 22.7 Å². The van der Waals surface area contributed by atoms with E-state index in [9.17, 15) is 13.2 Å². The summed E-state index contributed by atoms with van der Waals surface area (Å²) in [4.78, 5) is 11.8. The van der Waals surface area contributed by atoms with E-state index >= 15 is 0 Å². The second-order valence-electron chi connectivity index (χ2n) is 3.98. The monoisotopic (exact) mass is 365 g/mol. The van der Waals surface area contributed by atoms with E-state index in [0.717, 1.165) is 10.6 Å². The number of hydrogen-bond donors (Lipinski definition) is 0. The summed E-state index contributed by atoms with van der Waals surface area (Å²) < 4.78 is 35.2. The summed E-state index contributed by atoms with van der Waals surface area (Å²) in [7, 11) is -0.819. The molecule has 0 saturated carbocycles. The van der Waals surface area contributed by atoms with Crippen molar-refractivity contribution in [3.63, 3.8) is 0 Å². The highest BCUT2D eigenvalue weighted by molar-refractivity contribution is 9.10. The average Bonchev–Trinajstić information content (AvgIpc) is 2.38. The summed E-state index contributed by atoms with van der Waals surface area (Å²) >= 11 is 3.25. The Morgan fingerprint density at radius 3 is 2.50 bits per heavy atom. The van der Waals surface area contributed by atoms with Gasteiger partial charge >= 0.3 is 5.97 Å². The molecule has 0 saturated heterocycles. The number of benzene rings is 1. The highest BCUT2D eigenvalue weighted by atomic mass is 79.9. The minimum Gasteiger partial charge on any atom is -0.465 e. The Hall–Kier alpha value is -1.12. The molecule has 6 nitrogen and oxygen atoms in total. The van der Waals surface area contributed by atoms with Gasteiger partial charge in [-0.3, -0.25) is 4.31 Å². The zero-order valence-corrected chi connectivity index (χ0v) is 13.8. The number of carbonyl (C=O) groups is 1. The zero-order valence-electron chi connectivity index (χ0n) is 11.4. The van der Waals surface area contributed by atoms with Crippen molar-refractivity contribution >= 4 is 37.6 Å². The number of anilines is 1. The predicted octanol–water partition coefficient (Wildman–Crippen LogP) is 1.65. The first-order valence-corrected chi connectivity index (χ1v) is 8.30. The van der Waals surface area contributed by atoms with Gasteiger partial charge in [0, 0.05) is 11.6 Å². The van der Waals surface area contributed by atoms with Crippen molar-refractivity contribution in [2.45, 2.75) is 0 Å². The standard InChI is InChI=1S/C12H16BrNO5S/c1-18-7-6-14(20(3,16)17)11-5-4-9(13)8-10(11)12(15)19-2/h4-5,8H,6-7H2,1-3H3. The maximum Gasteiger partial charge on any atom is 0.340 e. The summed E-state index contributed by atoms with van der Waals surface area (Å²) in [6.07, 6.45) is 1.08. The third kappa shape index (κ3) is 4.19. The van der Waals surface area contributed by atoms with Crippen LogP contribution >= 0.6 is 15.9 Å². The molecular formula is C12H16BrNO5S. The Bertz CT molecular complexity index is 588. The van der Waals surface area contributed by atoms with Gasteiger partial charge in [-0.15, -0.1) is 0 Å². The molecule has 0 heterocycles. The van der Waals surface area contributed by atoms with Gasteiger partial charge in [0.05, 0.1) is 37.8 Å². The fourth-order valence-corrected chi connectivity index (χ4v) is 2.92.